The number of carbonyl (C=O) groups is 4. The summed E-state index contributed by atoms with van der Waals surface area (Å²) in [6, 6.07) is 0.0326. The first-order valence-corrected chi connectivity index (χ1v) is 21.4. The predicted octanol–water partition coefficient (Wildman–Crippen LogP) is 5.58. The average Bonchev–Trinajstić information content (AvgIpc) is 4.09. The number of ether oxygens (including phenoxy) is 2. The van der Waals surface area contributed by atoms with Crippen LogP contribution in [0.15, 0.2) is 30.4 Å². The number of nitrogens with one attached hydrogen (secondary N) is 2. The fraction of sp³-hybridized carbons (Fsp3) is 0.641. The molecule has 7 atom stereocenters. The quantitative estimate of drug-likeness (QED) is 0.210. The molecule has 6 rings (SSSR count). The molecule has 3 N–H and O–H groups in total. The number of halogens is 6. The van der Waals surface area contributed by atoms with Crippen LogP contribution in [0.4, 0.5) is 31.1 Å². The number of benzene rings is 1. The van der Waals surface area contributed by atoms with Gasteiger partial charge in [-0.15, -0.1) is 0 Å². The lowest BCUT2D eigenvalue weighted by Gasteiger charge is -2.46. The van der Waals surface area contributed by atoms with Crippen molar-refractivity contribution < 1.29 is 68.5 Å². The van der Waals surface area contributed by atoms with E-state index in [2.05, 4.69) is 15.3 Å². The molecule has 2 aliphatic carbocycles. The maximum Gasteiger partial charge on any atom is 0.438 e. The van der Waals surface area contributed by atoms with Crippen LogP contribution in [0.1, 0.15) is 84.8 Å². The van der Waals surface area contributed by atoms with Gasteiger partial charge in [-0.1, -0.05) is 32.4 Å². The van der Waals surface area contributed by atoms with Gasteiger partial charge in [-0.2, -0.15) is 26.3 Å². The number of amides is 4. The molecule has 0 radical (unpaired) electrons. The first-order chi connectivity index (χ1) is 28.3. The minimum Gasteiger partial charge on any atom is -0.497 e. The van der Waals surface area contributed by atoms with Gasteiger partial charge in [0.05, 0.1) is 29.9 Å². The normalized spacial score (nSPS) is 28.4. The molecule has 4 aliphatic rings. The molecule has 0 spiro atoms. The Bertz CT molecular complexity index is 2200. The number of allylic oxidation sites excluding steroid dienone is 1. The zero-order valence-corrected chi connectivity index (χ0v) is 34.8. The van der Waals surface area contributed by atoms with Crippen molar-refractivity contribution in [2.45, 2.75) is 126 Å². The molecule has 336 valence electrons. The maximum absolute atomic E-state index is 15.1. The summed E-state index contributed by atoms with van der Waals surface area (Å²) >= 11 is 0. The summed E-state index contributed by atoms with van der Waals surface area (Å²) in [5.41, 5.74) is -6.87. The molecule has 2 aromatic rings. The van der Waals surface area contributed by atoms with Crippen molar-refractivity contribution in [1.29, 1.82) is 0 Å². The van der Waals surface area contributed by atoms with Gasteiger partial charge in [0.25, 0.3) is 5.91 Å². The summed E-state index contributed by atoms with van der Waals surface area (Å²) in [7, 11) is -2.81. The number of hydrogen-bond donors (Lipinski definition) is 3. The second-order valence-corrected chi connectivity index (χ2v) is 18.8. The molecule has 0 bridgehead atoms. The van der Waals surface area contributed by atoms with E-state index in [-0.39, 0.29) is 46.9 Å². The smallest absolute Gasteiger partial charge is 0.438 e. The van der Waals surface area contributed by atoms with Crippen molar-refractivity contribution >= 4 is 44.9 Å². The highest BCUT2D eigenvalue weighted by atomic mass is 32.2. The molecule has 4 amide bonds. The van der Waals surface area contributed by atoms with Crippen LogP contribution in [0.5, 0.6) is 11.6 Å². The van der Waals surface area contributed by atoms with Crippen LogP contribution >= 0.6 is 0 Å². The van der Waals surface area contributed by atoms with Crippen molar-refractivity contribution in [2.75, 3.05) is 13.7 Å². The number of nitrogens with zero attached hydrogens (tertiary/aromatic N) is 4. The number of hydrogen-bond acceptors (Lipinski definition) is 10. The van der Waals surface area contributed by atoms with Crippen molar-refractivity contribution in [2.24, 2.45) is 17.8 Å². The Kier molecular flexibility index (Phi) is 12.3. The fourth-order valence-corrected chi connectivity index (χ4v) is 9.61. The van der Waals surface area contributed by atoms with Gasteiger partial charge >= 0.3 is 18.4 Å². The third-order valence-electron chi connectivity index (χ3n) is 12.1. The third-order valence-corrected chi connectivity index (χ3v) is 13.9. The standard InChI is InChI=1S/C39H48F6N6O9S/c1-6-21-15-20(2)9-7-8-10-22-18-37(22,34(54)49-61(57,58)25-12-13-25)48-31(52)28-17-24(19-50(28)33(53)29(21)51(35(55)56)36(3,4)39(43,44)45)60-32-30(38(40,41)42)46-26-14-11-23(59-5)16-27(26)47-32/h8,10-11,14,16,20-22,24-25,28-29H,6-7,9,12-13,15,17-19H2,1-5H3,(H,48,52)(H,49,54)(H,55,56)/b10-8-/t20-,21-,22-,24-,28+,29+,37-/m1/s1. The van der Waals surface area contributed by atoms with E-state index in [4.69, 9.17) is 9.47 Å². The van der Waals surface area contributed by atoms with E-state index in [0.29, 0.717) is 39.5 Å². The lowest BCUT2D eigenvalue weighted by Crippen LogP contribution is -2.66. The molecule has 15 nitrogen and oxygen atoms in total. The van der Waals surface area contributed by atoms with Gasteiger partial charge in [0.15, 0.2) is 0 Å². The van der Waals surface area contributed by atoms with E-state index in [1.54, 1.807) is 26.0 Å². The number of carbonyl (C=O) groups excluding carboxylic acids is 3. The average molecular weight is 891 g/mol. The number of rotatable bonds is 9. The van der Waals surface area contributed by atoms with E-state index in [1.807, 2.05) is 4.72 Å². The number of aromatic nitrogens is 2. The summed E-state index contributed by atoms with van der Waals surface area (Å²) in [5.74, 6) is -6.35. The minimum absolute atomic E-state index is 0.00480. The van der Waals surface area contributed by atoms with Crippen LogP contribution in [0.25, 0.3) is 11.0 Å². The molecule has 1 aromatic carbocycles. The summed E-state index contributed by atoms with van der Waals surface area (Å²) in [6.07, 6.45) is -9.79. The van der Waals surface area contributed by atoms with Crippen molar-refractivity contribution in [3.8, 4) is 11.6 Å². The van der Waals surface area contributed by atoms with Gasteiger partial charge in [-0.25, -0.2) is 23.2 Å². The molecule has 3 heterocycles. The first-order valence-electron chi connectivity index (χ1n) is 19.9. The van der Waals surface area contributed by atoms with Gasteiger partial charge in [0.2, 0.25) is 33.4 Å². The van der Waals surface area contributed by atoms with Gasteiger partial charge in [0, 0.05) is 18.4 Å². The summed E-state index contributed by atoms with van der Waals surface area (Å²) < 4.78 is 127. The van der Waals surface area contributed by atoms with E-state index in [9.17, 15) is 54.3 Å². The first kappa shape index (κ1) is 45.6. The second kappa shape index (κ2) is 16.4. The van der Waals surface area contributed by atoms with E-state index in [1.165, 1.54) is 25.3 Å². The number of sulfonamides is 1. The molecule has 61 heavy (non-hydrogen) atoms. The Balaban J connectivity index is 1.47. The highest BCUT2D eigenvalue weighted by Crippen LogP contribution is 2.47. The predicted molar refractivity (Wildman–Crippen MR) is 204 cm³/mol. The lowest BCUT2D eigenvalue weighted by atomic mass is 9.82. The van der Waals surface area contributed by atoms with Crippen LogP contribution in [0, 0.1) is 17.8 Å². The Morgan fingerprint density at radius 2 is 1.75 bits per heavy atom. The largest absolute Gasteiger partial charge is 0.497 e. The second-order valence-electron chi connectivity index (χ2n) is 16.8. The summed E-state index contributed by atoms with van der Waals surface area (Å²) in [6.45, 7) is 3.81. The van der Waals surface area contributed by atoms with Crippen LogP contribution < -0.4 is 19.5 Å². The number of alkyl halides is 6. The Morgan fingerprint density at radius 1 is 1.07 bits per heavy atom. The molecular formula is C39H48F6N6O9S. The Morgan fingerprint density at radius 3 is 2.34 bits per heavy atom. The molecule has 1 aromatic heterocycles. The van der Waals surface area contributed by atoms with Crippen LogP contribution in [-0.4, -0.2) is 111 Å². The van der Waals surface area contributed by atoms with E-state index in [0.717, 1.165) is 4.90 Å². The molecule has 3 fully saturated rings. The molecular weight excluding hydrogens is 843 g/mol. The summed E-state index contributed by atoms with van der Waals surface area (Å²) in [4.78, 5) is 64.9. The van der Waals surface area contributed by atoms with Crippen LogP contribution in [0.2, 0.25) is 0 Å². The van der Waals surface area contributed by atoms with Crippen molar-refractivity contribution in [3.05, 3.63) is 36.0 Å². The van der Waals surface area contributed by atoms with Crippen molar-refractivity contribution in [3.63, 3.8) is 0 Å². The molecule has 22 heteroatoms. The van der Waals surface area contributed by atoms with Gasteiger partial charge in [-0.3, -0.25) is 24.0 Å². The Labute approximate surface area is 347 Å². The molecule has 2 saturated carbocycles. The SMILES string of the molecule is CC[C@@H]1C[C@H](C)CC/C=C\[C@@H]2C[C@@]2(C(=O)NS(=O)(=O)C2CC2)NC(=O)[C@@H]2C[C@@H](Oc3nc4cc(OC)ccc4nc3C(F)(F)F)CN2C(=O)[C@H]1N(C(=O)O)C(C)(C)C(F)(F)F. The van der Waals surface area contributed by atoms with Gasteiger partial charge in [-0.05, 0) is 76.3 Å². The highest BCUT2D eigenvalue weighted by molar-refractivity contribution is 7.91. The van der Waals surface area contributed by atoms with E-state index >= 15 is 4.79 Å². The summed E-state index contributed by atoms with van der Waals surface area (Å²) in [5, 5.41) is 12.2. The molecule has 2 aliphatic heterocycles. The zero-order valence-electron chi connectivity index (χ0n) is 34.0. The van der Waals surface area contributed by atoms with Gasteiger partial charge < -0.3 is 24.8 Å². The third kappa shape index (κ3) is 9.18. The maximum atomic E-state index is 15.1. The van der Waals surface area contributed by atoms with E-state index < -0.39 is 117 Å². The topological polar surface area (TPSA) is 197 Å². The Hall–Kier alpha value is -4.89. The molecule has 1 saturated heterocycles. The fourth-order valence-electron chi connectivity index (χ4n) is 8.24. The molecule has 0 unspecified atom stereocenters. The van der Waals surface area contributed by atoms with Gasteiger partial charge in [0.1, 0.15) is 35.0 Å². The van der Waals surface area contributed by atoms with Crippen LogP contribution in [0.3, 0.4) is 0 Å². The minimum atomic E-state index is -5.21. The van der Waals surface area contributed by atoms with Crippen LogP contribution in [-0.2, 0) is 30.6 Å². The number of methoxy groups -OCH3 is 1. The van der Waals surface area contributed by atoms with Crippen molar-refractivity contribution in [1.82, 2.24) is 29.8 Å². The monoisotopic (exact) mass is 890 g/mol. The number of fused-ring (bicyclic) bond motifs is 3. The number of carboxylic acid groups (broad SMARTS) is 1. The zero-order chi connectivity index (χ0) is 45.0. The lowest BCUT2D eigenvalue weighted by molar-refractivity contribution is -0.222. The highest BCUT2D eigenvalue weighted by Gasteiger charge is 2.63.